The summed E-state index contributed by atoms with van der Waals surface area (Å²) in [7, 11) is 0.435. The first-order valence-corrected chi connectivity index (χ1v) is 8.28. The summed E-state index contributed by atoms with van der Waals surface area (Å²) in [6.07, 6.45) is 3.18. The molecule has 0 amide bonds. The van der Waals surface area contributed by atoms with Crippen LogP contribution in [0.4, 0.5) is 5.69 Å². The van der Waals surface area contributed by atoms with Gasteiger partial charge in [0.2, 0.25) is 10.0 Å². The van der Waals surface area contributed by atoms with Crippen molar-refractivity contribution in [2.45, 2.75) is 36.6 Å². The van der Waals surface area contributed by atoms with E-state index < -0.39 is 10.0 Å². The number of sulfonamides is 1. The molecule has 1 saturated carbocycles. The van der Waals surface area contributed by atoms with Gasteiger partial charge in [0.1, 0.15) is 4.90 Å². The Kier molecular flexibility index (Phi) is 4.09. The van der Waals surface area contributed by atoms with E-state index in [0.29, 0.717) is 12.2 Å². The summed E-state index contributed by atoms with van der Waals surface area (Å²) in [6.45, 7) is 2.31. The van der Waals surface area contributed by atoms with Crippen LogP contribution >= 0.6 is 0 Å². The monoisotopic (exact) mass is 297 g/mol. The maximum Gasteiger partial charge on any atom is 0.242 e. The lowest BCUT2D eigenvalue weighted by atomic mass is 9.76. The van der Waals surface area contributed by atoms with Gasteiger partial charge in [-0.05, 0) is 58.0 Å². The molecule has 0 bridgehead atoms. The van der Waals surface area contributed by atoms with E-state index >= 15 is 0 Å². The molecule has 5 nitrogen and oxygen atoms in total. The molecule has 20 heavy (non-hydrogen) atoms. The molecule has 0 spiro atoms. The van der Waals surface area contributed by atoms with Gasteiger partial charge in [-0.15, -0.1) is 0 Å². The van der Waals surface area contributed by atoms with Gasteiger partial charge in [-0.2, -0.15) is 0 Å². The van der Waals surface area contributed by atoms with E-state index in [4.69, 9.17) is 5.73 Å². The van der Waals surface area contributed by atoms with Crippen LogP contribution in [0.5, 0.6) is 0 Å². The fraction of sp³-hybridized carbons (Fsp3) is 0.571. The van der Waals surface area contributed by atoms with Crippen molar-refractivity contribution in [3.05, 3.63) is 23.8 Å². The average molecular weight is 297 g/mol. The highest BCUT2D eigenvalue weighted by molar-refractivity contribution is 7.89. The Morgan fingerprint density at radius 3 is 2.45 bits per heavy atom. The third kappa shape index (κ3) is 2.82. The summed E-state index contributed by atoms with van der Waals surface area (Å²) in [4.78, 5) is 2.27. The Labute approximate surface area is 121 Å². The predicted octanol–water partition coefficient (Wildman–Crippen LogP) is 1.34. The van der Waals surface area contributed by atoms with Crippen LogP contribution in [0.3, 0.4) is 0 Å². The predicted molar refractivity (Wildman–Crippen MR) is 81.0 cm³/mol. The summed E-state index contributed by atoms with van der Waals surface area (Å²) in [5.74, 6) is 0. The number of nitrogen functional groups attached to an aromatic ring is 1. The van der Waals surface area contributed by atoms with Crippen LogP contribution in [0.1, 0.15) is 24.8 Å². The lowest BCUT2D eigenvalue weighted by Crippen LogP contribution is -2.57. The zero-order chi connectivity index (χ0) is 15.0. The fourth-order valence-electron chi connectivity index (χ4n) is 2.59. The minimum Gasteiger partial charge on any atom is -0.398 e. The Hall–Kier alpha value is -1.11. The Morgan fingerprint density at radius 1 is 1.35 bits per heavy atom. The maximum atomic E-state index is 12.4. The Balaban J connectivity index is 2.15. The second-order valence-electron chi connectivity index (χ2n) is 5.84. The zero-order valence-corrected chi connectivity index (χ0v) is 13.1. The van der Waals surface area contributed by atoms with E-state index in [1.807, 2.05) is 21.0 Å². The SMILES string of the molecule is Cc1ccc(S(=O)(=O)NCC2(N(C)C)CCC2)c(N)c1. The second kappa shape index (κ2) is 5.35. The molecule has 2 rings (SSSR count). The van der Waals surface area contributed by atoms with E-state index in [1.165, 1.54) is 0 Å². The van der Waals surface area contributed by atoms with E-state index in [9.17, 15) is 8.42 Å². The van der Waals surface area contributed by atoms with Crippen LogP contribution in [0.25, 0.3) is 0 Å². The van der Waals surface area contributed by atoms with Crippen LogP contribution in [0.15, 0.2) is 23.1 Å². The highest BCUT2D eigenvalue weighted by Gasteiger charge is 2.39. The zero-order valence-electron chi connectivity index (χ0n) is 12.3. The molecule has 0 saturated heterocycles. The molecule has 3 N–H and O–H groups in total. The Bertz CT molecular complexity index is 592. The second-order valence-corrected chi connectivity index (χ2v) is 7.57. The van der Waals surface area contributed by atoms with Crippen LogP contribution in [-0.4, -0.2) is 39.5 Å². The lowest BCUT2D eigenvalue weighted by molar-refractivity contribution is 0.0657. The molecule has 0 aromatic heterocycles. The van der Waals surface area contributed by atoms with Gasteiger partial charge in [-0.1, -0.05) is 6.07 Å². The van der Waals surface area contributed by atoms with Gasteiger partial charge in [0.15, 0.2) is 0 Å². The highest BCUT2D eigenvalue weighted by atomic mass is 32.2. The number of benzene rings is 1. The van der Waals surface area contributed by atoms with Crippen LogP contribution in [-0.2, 0) is 10.0 Å². The molecular weight excluding hydrogens is 274 g/mol. The molecule has 0 aliphatic heterocycles. The summed E-state index contributed by atoms with van der Waals surface area (Å²) < 4.78 is 27.4. The molecule has 112 valence electrons. The summed E-state index contributed by atoms with van der Waals surface area (Å²) >= 11 is 0. The number of hydrogen-bond acceptors (Lipinski definition) is 4. The molecule has 1 aromatic carbocycles. The van der Waals surface area contributed by atoms with Crippen molar-refractivity contribution in [2.24, 2.45) is 0 Å². The number of nitrogens with zero attached hydrogens (tertiary/aromatic N) is 1. The van der Waals surface area contributed by atoms with Crippen molar-refractivity contribution in [3.8, 4) is 0 Å². The quantitative estimate of drug-likeness (QED) is 0.804. The Morgan fingerprint density at radius 2 is 2.00 bits per heavy atom. The van der Waals surface area contributed by atoms with Gasteiger partial charge < -0.3 is 10.6 Å². The van der Waals surface area contributed by atoms with E-state index in [1.54, 1.807) is 18.2 Å². The molecule has 1 fully saturated rings. The van der Waals surface area contributed by atoms with Crippen molar-refractivity contribution in [3.63, 3.8) is 0 Å². The first-order valence-electron chi connectivity index (χ1n) is 6.80. The molecule has 1 aromatic rings. The number of anilines is 1. The molecule has 6 heteroatoms. The fourth-order valence-corrected chi connectivity index (χ4v) is 3.82. The summed E-state index contributed by atoms with van der Waals surface area (Å²) in [6, 6.07) is 5.01. The lowest BCUT2D eigenvalue weighted by Gasteiger charge is -2.47. The van der Waals surface area contributed by atoms with Crippen molar-refractivity contribution in [2.75, 3.05) is 26.4 Å². The average Bonchev–Trinajstić information content (AvgIpc) is 2.25. The van der Waals surface area contributed by atoms with Gasteiger partial charge in [0.25, 0.3) is 0 Å². The van der Waals surface area contributed by atoms with Gasteiger partial charge in [-0.25, -0.2) is 13.1 Å². The van der Waals surface area contributed by atoms with E-state index in [0.717, 1.165) is 24.8 Å². The molecule has 0 heterocycles. The summed E-state index contributed by atoms with van der Waals surface area (Å²) in [5, 5.41) is 0. The van der Waals surface area contributed by atoms with Crippen molar-refractivity contribution in [1.29, 1.82) is 0 Å². The number of nitrogens with two attached hydrogens (primary N) is 1. The topological polar surface area (TPSA) is 75.4 Å². The summed E-state index contributed by atoms with van der Waals surface area (Å²) in [5.41, 5.74) is 7.02. The molecule has 0 unspecified atom stereocenters. The van der Waals surface area contributed by atoms with Crippen LogP contribution < -0.4 is 10.5 Å². The number of aryl methyl sites for hydroxylation is 1. The standard InChI is InChI=1S/C14H23N3O2S/c1-11-5-6-13(12(15)9-11)20(18,19)16-10-14(17(2)3)7-4-8-14/h5-6,9,16H,4,7-8,10,15H2,1-3H3. The minimum absolute atomic E-state index is 0.0491. The molecular formula is C14H23N3O2S. The van der Waals surface area contributed by atoms with E-state index in [2.05, 4.69) is 9.62 Å². The smallest absolute Gasteiger partial charge is 0.242 e. The van der Waals surface area contributed by atoms with Gasteiger partial charge in [0, 0.05) is 12.1 Å². The first kappa shape index (κ1) is 15.3. The van der Waals surface area contributed by atoms with Gasteiger partial charge in [-0.3, -0.25) is 0 Å². The van der Waals surface area contributed by atoms with E-state index in [-0.39, 0.29) is 10.4 Å². The van der Waals surface area contributed by atoms with Crippen molar-refractivity contribution >= 4 is 15.7 Å². The molecule has 0 atom stereocenters. The number of rotatable bonds is 5. The number of nitrogens with one attached hydrogen (secondary N) is 1. The van der Waals surface area contributed by atoms with Crippen molar-refractivity contribution < 1.29 is 8.42 Å². The molecule has 0 radical (unpaired) electrons. The highest BCUT2D eigenvalue weighted by Crippen LogP contribution is 2.35. The first-order chi connectivity index (χ1) is 9.27. The van der Waals surface area contributed by atoms with Gasteiger partial charge in [0.05, 0.1) is 5.69 Å². The normalized spacial score (nSPS) is 18.0. The number of likely N-dealkylation sites (N-methyl/N-ethyl adjacent to an activating group) is 1. The van der Waals surface area contributed by atoms with Gasteiger partial charge >= 0.3 is 0 Å². The largest absolute Gasteiger partial charge is 0.398 e. The molecule has 1 aliphatic rings. The third-order valence-corrected chi connectivity index (χ3v) is 5.75. The molecule has 1 aliphatic carbocycles. The van der Waals surface area contributed by atoms with Crippen LogP contribution in [0.2, 0.25) is 0 Å². The number of hydrogen-bond donors (Lipinski definition) is 2. The third-order valence-electron chi connectivity index (χ3n) is 4.28. The van der Waals surface area contributed by atoms with Crippen LogP contribution in [0, 0.1) is 6.92 Å². The minimum atomic E-state index is -3.55. The van der Waals surface area contributed by atoms with Crippen molar-refractivity contribution in [1.82, 2.24) is 9.62 Å². The maximum absolute atomic E-state index is 12.4.